The van der Waals surface area contributed by atoms with Gasteiger partial charge in [0.1, 0.15) is 0 Å². The quantitative estimate of drug-likeness (QED) is 0.875. The highest BCUT2D eigenvalue weighted by atomic mass is 35.5. The summed E-state index contributed by atoms with van der Waals surface area (Å²) in [6.07, 6.45) is 3.24. The summed E-state index contributed by atoms with van der Waals surface area (Å²) in [4.78, 5) is 13.7. The molecule has 1 heterocycles. The molecule has 0 spiro atoms. The van der Waals surface area contributed by atoms with E-state index in [1.165, 1.54) is 6.42 Å². The summed E-state index contributed by atoms with van der Waals surface area (Å²) in [5, 5.41) is 13.1. The van der Waals surface area contributed by atoms with E-state index in [1.807, 2.05) is 0 Å². The van der Waals surface area contributed by atoms with Crippen LogP contribution in [0.5, 0.6) is 0 Å². The second kappa shape index (κ2) is 6.95. The van der Waals surface area contributed by atoms with Gasteiger partial charge < -0.3 is 15.3 Å². The van der Waals surface area contributed by atoms with Crippen molar-refractivity contribution < 1.29 is 9.90 Å². The highest BCUT2D eigenvalue weighted by Crippen LogP contribution is 2.24. The number of benzene rings is 1. The smallest absolute Gasteiger partial charge is 0.337 e. The van der Waals surface area contributed by atoms with Gasteiger partial charge in [0.25, 0.3) is 0 Å². The monoisotopic (exact) mass is 296 g/mol. The minimum Gasteiger partial charge on any atom is -0.478 e. The first-order valence-corrected chi connectivity index (χ1v) is 7.49. The summed E-state index contributed by atoms with van der Waals surface area (Å²) in [7, 11) is 0. The Morgan fingerprint density at radius 1 is 1.45 bits per heavy atom. The molecule has 2 N–H and O–H groups in total. The normalized spacial score (nSPS) is 17.1. The summed E-state index contributed by atoms with van der Waals surface area (Å²) < 4.78 is 0. The van der Waals surface area contributed by atoms with Crippen LogP contribution in [0, 0.1) is 0 Å². The molecule has 0 aliphatic carbocycles. The zero-order valence-corrected chi connectivity index (χ0v) is 12.5. The lowest BCUT2D eigenvalue weighted by atomic mass is 10.0. The zero-order valence-electron chi connectivity index (χ0n) is 11.7. The number of carboxylic acids is 1. The average Bonchev–Trinajstić information content (AvgIpc) is 2.41. The van der Waals surface area contributed by atoms with Gasteiger partial charge in [-0.05, 0) is 44.0 Å². The van der Waals surface area contributed by atoms with Crippen molar-refractivity contribution in [2.75, 3.05) is 25.0 Å². The first-order chi connectivity index (χ1) is 9.60. The van der Waals surface area contributed by atoms with Gasteiger partial charge in [0.2, 0.25) is 0 Å². The number of piperidine rings is 1. The third kappa shape index (κ3) is 3.87. The van der Waals surface area contributed by atoms with Crippen LogP contribution in [0.1, 0.15) is 36.5 Å². The summed E-state index contributed by atoms with van der Waals surface area (Å²) >= 11 is 5.96. The van der Waals surface area contributed by atoms with Gasteiger partial charge in [0.05, 0.1) is 11.3 Å². The highest BCUT2D eigenvalue weighted by molar-refractivity contribution is 6.31. The van der Waals surface area contributed by atoms with Crippen molar-refractivity contribution in [1.29, 1.82) is 0 Å². The van der Waals surface area contributed by atoms with Crippen molar-refractivity contribution in [1.82, 2.24) is 4.90 Å². The van der Waals surface area contributed by atoms with E-state index < -0.39 is 5.97 Å². The molecule has 1 aromatic carbocycles. The van der Waals surface area contributed by atoms with Crippen LogP contribution >= 0.6 is 11.6 Å². The Bertz CT molecular complexity index is 471. The van der Waals surface area contributed by atoms with Crippen molar-refractivity contribution in [3.63, 3.8) is 0 Å². The number of aromatic carboxylic acids is 1. The summed E-state index contributed by atoms with van der Waals surface area (Å²) in [5.74, 6) is -0.924. The van der Waals surface area contributed by atoms with Crippen LogP contribution in [0.2, 0.25) is 5.02 Å². The Kier molecular flexibility index (Phi) is 5.26. The first kappa shape index (κ1) is 15.1. The van der Waals surface area contributed by atoms with Gasteiger partial charge in [0, 0.05) is 24.2 Å². The third-order valence-electron chi connectivity index (χ3n) is 3.70. The van der Waals surface area contributed by atoms with Crippen molar-refractivity contribution in [3.05, 3.63) is 28.8 Å². The molecule has 1 aliphatic rings. The second-order valence-corrected chi connectivity index (χ2v) is 5.69. The van der Waals surface area contributed by atoms with Crippen molar-refractivity contribution in [3.8, 4) is 0 Å². The number of carbonyl (C=O) groups is 1. The third-order valence-corrected chi connectivity index (χ3v) is 3.93. The number of halogens is 1. The number of likely N-dealkylation sites (tertiary alicyclic amines) is 1. The standard InChI is InChI=1S/C15H21ClN2O2/c1-2-7-18-8-5-12(6-9-18)17-14-10-11(16)3-4-13(14)15(19)20/h3-4,10,12,17H,2,5-9H2,1H3,(H,19,20). The molecule has 1 saturated heterocycles. The Balaban J connectivity index is 2.00. The second-order valence-electron chi connectivity index (χ2n) is 5.26. The minimum atomic E-state index is -0.924. The van der Waals surface area contributed by atoms with E-state index in [2.05, 4.69) is 17.1 Å². The molecule has 0 aromatic heterocycles. The van der Waals surface area contributed by atoms with Gasteiger partial charge in [-0.1, -0.05) is 18.5 Å². The molecule has 1 fully saturated rings. The van der Waals surface area contributed by atoms with Crippen molar-refractivity contribution in [2.45, 2.75) is 32.2 Å². The topological polar surface area (TPSA) is 52.6 Å². The molecule has 1 aliphatic heterocycles. The molecule has 0 saturated carbocycles. The number of nitrogens with zero attached hydrogens (tertiary/aromatic N) is 1. The molecule has 0 amide bonds. The van der Waals surface area contributed by atoms with Crippen LogP contribution in [0.4, 0.5) is 5.69 Å². The molecular formula is C15H21ClN2O2. The van der Waals surface area contributed by atoms with Gasteiger partial charge in [-0.15, -0.1) is 0 Å². The zero-order chi connectivity index (χ0) is 14.5. The van der Waals surface area contributed by atoms with E-state index in [9.17, 15) is 9.90 Å². The van der Waals surface area contributed by atoms with E-state index in [0.717, 1.165) is 32.5 Å². The van der Waals surface area contributed by atoms with Crippen LogP contribution < -0.4 is 5.32 Å². The summed E-state index contributed by atoms with van der Waals surface area (Å²) in [5.41, 5.74) is 0.907. The Morgan fingerprint density at radius 2 is 2.15 bits per heavy atom. The van der Waals surface area contributed by atoms with E-state index in [-0.39, 0.29) is 5.56 Å². The fourth-order valence-corrected chi connectivity index (χ4v) is 2.83. The minimum absolute atomic E-state index is 0.283. The first-order valence-electron chi connectivity index (χ1n) is 7.12. The molecule has 0 radical (unpaired) electrons. The van der Waals surface area contributed by atoms with Crippen LogP contribution in [0.25, 0.3) is 0 Å². The van der Waals surface area contributed by atoms with E-state index >= 15 is 0 Å². The molecule has 0 unspecified atom stereocenters. The maximum absolute atomic E-state index is 11.2. The molecule has 0 bridgehead atoms. The molecule has 0 atom stereocenters. The fourth-order valence-electron chi connectivity index (χ4n) is 2.66. The lowest BCUT2D eigenvalue weighted by Gasteiger charge is -2.32. The number of rotatable bonds is 5. The summed E-state index contributed by atoms with van der Waals surface area (Å²) in [6, 6.07) is 5.18. The van der Waals surface area contributed by atoms with Crippen molar-refractivity contribution >= 4 is 23.3 Å². The van der Waals surface area contributed by atoms with E-state index in [0.29, 0.717) is 16.8 Å². The van der Waals surface area contributed by atoms with Crippen LogP contribution in [0.3, 0.4) is 0 Å². The Labute approximate surface area is 124 Å². The van der Waals surface area contributed by atoms with Gasteiger partial charge >= 0.3 is 5.97 Å². The maximum Gasteiger partial charge on any atom is 0.337 e. The molecular weight excluding hydrogens is 276 g/mol. The SMILES string of the molecule is CCCN1CCC(Nc2cc(Cl)ccc2C(=O)O)CC1. The van der Waals surface area contributed by atoms with Gasteiger partial charge in [-0.2, -0.15) is 0 Å². The van der Waals surface area contributed by atoms with Gasteiger partial charge in [-0.3, -0.25) is 0 Å². The van der Waals surface area contributed by atoms with Gasteiger partial charge in [-0.25, -0.2) is 4.79 Å². The van der Waals surface area contributed by atoms with Gasteiger partial charge in [0.15, 0.2) is 0 Å². The molecule has 2 rings (SSSR count). The average molecular weight is 297 g/mol. The maximum atomic E-state index is 11.2. The van der Waals surface area contributed by atoms with Crippen LogP contribution in [-0.4, -0.2) is 41.7 Å². The molecule has 20 heavy (non-hydrogen) atoms. The number of hydrogen-bond donors (Lipinski definition) is 2. The van der Waals surface area contributed by atoms with Crippen molar-refractivity contribution in [2.24, 2.45) is 0 Å². The number of nitrogens with one attached hydrogen (secondary N) is 1. The lowest BCUT2D eigenvalue weighted by molar-refractivity contribution is 0.0698. The lowest BCUT2D eigenvalue weighted by Crippen LogP contribution is -2.39. The Hall–Kier alpha value is -1.26. The van der Waals surface area contributed by atoms with Crippen LogP contribution in [0.15, 0.2) is 18.2 Å². The predicted molar refractivity (Wildman–Crippen MR) is 81.8 cm³/mol. The number of hydrogen-bond acceptors (Lipinski definition) is 3. The predicted octanol–water partition coefficient (Wildman–Crippen LogP) is 3.32. The molecule has 5 heteroatoms. The number of carboxylic acid groups (broad SMARTS) is 1. The van der Waals surface area contributed by atoms with Crippen LogP contribution in [-0.2, 0) is 0 Å². The molecule has 4 nitrogen and oxygen atoms in total. The summed E-state index contributed by atoms with van der Waals surface area (Å²) in [6.45, 7) is 5.46. The molecule has 1 aromatic rings. The molecule has 110 valence electrons. The van der Waals surface area contributed by atoms with E-state index in [1.54, 1.807) is 18.2 Å². The fraction of sp³-hybridized carbons (Fsp3) is 0.533. The number of anilines is 1. The van der Waals surface area contributed by atoms with E-state index in [4.69, 9.17) is 11.6 Å². The Morgan fingerprint density at radius 3 is 2.75 bits per heavy atom. The largest absolute Gasteiger partial charge is 0.478 e. The highest BCUT2D eigenvalue weighted by Gasteiger charge is 2.20.